The molecule has 3 rings (SSSR count). The van der Waals surface area contributed by atoms with Crippen LogP contribution in [0.25, 0.3) is 0 Å². The number of hydrogen-bond donors (Lipinski definition) is 1. The Hall–Kier alpha value is -3.72. The van der Waals surface area contributed by atoms with Gasteiger partial charge in [-0.15, -0.1) is 11.3 Å². The van der Waals surface area contributed by atoms with Gasteiger partial charge in [-0.05, 0) is 17.0 Å². The minimum absolute atomic E-state index is 0.0260. The van der Waals surface area contributed by atoms with E-state index in [1.54, 1.807) is 10.3 Å². The molecule has 2 aromatic carbocycles. The predicted molar refractivity (Wildman–Crippen MR) is 137 cm³/mol. The van der Waals surface area contributed by atoms with E-state index in [4.69, 9.17) is 9.47 Å². The summed E-state index contributed by atoms with van der Waals surface area (Å²) in [5, 5.41) is 4.96. The molecule has 0 aliphatic carbocycles. The number of esters is 1. The quantitative estimate of drug-likeness (QED) is 0.367. The number of methoxy groups -OCH3 is 1. The maximum Gasteiger partial charge on any atom is 0.407 e. The smallest absolute Gasteiger partial charge is 0.407 e. The van der Waals surface area contributed by atoms with E-state index in [9.17, 15) is 14.4 Å². The molecule has 0 fully saturated rings. The van der Waals surface area contributed by atoms with Crippen molar-refractivity contribution >= 4 is 29.3 Å². The number of thiazole rings is 1. The van der Waals surface area contributed by atoms with E-state index in [-0.39, 0.29) is 43.1 Å². The van der Waals surface area contributed by atoms with Gasteiger partial charge in [0.1, 0.15) is 11.6 Å². The minimum atomic E-state index is -0.579. The molecule has 0 spiro atoms. The standard InChI is InChI=1S/C27H31N3O5S/c1-19(2)24(25-29-22(18-36-25)26(32)34-3)30(16-20-10-6-4-7-11-20)23(31)14-15-28-27(33)35-17-21-12-8-5-9-13-21/h4-13,18-19,24H,14-17H2,1-3H3,(H,28,33). The van der Waals surface area contributed by atoms with Crippen molar-refractivity contribution in [1.82, 2.24) is 15.2 Å². The lowest BCUT2D eigenvalue weighted by atomic mass is 10.0. The van der Waals surface area contributed by atoms with Crippen LogP contribution < -0.4 is 5.32 Å². The highest BCUT2D eigenvalue weighted by molar-refractivity contribution is 7.09. The number of carbonyl (C=O) groups is 3. The number of hydrogen-bond acceptors (Lipinski definition) is 7. The molecule has 0 saturated heterocycles. The van der Waals surface area contributed by atoms with Crippen LogP contribution in [0, 0.1) is 5.92 Å². The van der Waals surface area contributed by atoms with E-state index < -0.39 is 12.1 Å². The molecule has 0 saturated carbocycles. The molecule has 8 nitrogen and oxygen atoms in total. The Labute approximate surface area is 215 Å². The second kappa shape index (κ2) is 13.4. The second-order valence-electron chi connectivity index (χ2n) is 8.50. The largest absolute Gasteiger partial charge is 0.464 e. The van der Waals surface area contributed by atoms with Crippen LogP contribution in [-0.2, 0) is 27.4 Å². The van der Waals surface area contributed by atoms with E-state index in [1.807, 2.05) is 74.5 Å². The highest BCUT2D eigenvalue weighted by Crippen LogP contribution is 2.33. The van der Waals surface area contributed by atoms with Crippen molar-refractivity contribution in [1.29, 1.82) is 0 Å². The van der Waals surface area contributed by atoms with Gasteiger partial charge in [-0.1, -0.05) is 74.5 Å². The third-order valence-corrected chi connectivity index (χ3v) is 6.39. The summed E-state index contributed by atoms with van der Waals surface area (Å²) in [7, 11) is 1.31. The fraction of sp³-hybridized carbons (Fsp3) is 0.333. The van der Waals surface area contributed by atoms with Crippen LogP contribution in [0.3, 0.4) is 0 Å². The molecule has 0 radical (unpaired) electrons. The summed E-state index contributed by atoms with van der Waals surface area (Å²) < 4.78 is 10.0. The van der Waals surface area contributed by atoms with E-state index >= 15 is 0 Å². The Morgan fingerprint density at radius 1 is 1.00 bits per heavy atom. The first kappa shape index (κ1) is 26.9. The van der Waals surface area contributed by atoms with Crippen molar-refractivity contribution < 1.29 is 23.9 Å². The fourth-order valence-electron chi connectivity index (χ4n) is 3.71. The van der Waals surface area contributed by atoms with Gasteiger partial charge in [-0.2, -0.15) is 0 Å². The van der Waals surface area contributed by atoms with Gasteiger partial charge < -0.3 is 19.7 Å². The van der Waals surface area contributed by atoms with Crippen molar-refractivity contribution in [3.63, 3.8) is 0 Å². The Kier molecular flexibility index (Phi) is 10.00. The van der Waals surface area contributed by atoms with E-state index in [2.05, 4.69) is 10.3 Å². The second-order valence-corrected chi connectivity index (χ2v) is 9.39. The summed E-state index contributed by atoms with van der Waals surface area (Å²) in [5.74, 6) is -0.631. The van der Waals surface area contributed by atoms with Gasteiger partial charge in [0.05, 0.1) is 13.2 Å². The van der Waals surface area contributed by atoms with Gasteiger partial charge in [0, 0.05) is 24.9 Å². The first-order valence-electron chi connectivity index (χ1n) is 11.7. The maximum atomic E-state index is 13.4. The molecule has 36 heavy (non-hydrogen) atoms. The van der Waals surface area contributed by atoms with Crippen LogP contribution in [0.15, 0.2) is 66.0 Å². The van der Waals surface area contributed by atoms with Crippen LogP contribution in [0.5, 0.6) is 0 Å². The number of ether oxygens (including phenoxy) is 2. The van der Waals surface area contributed by atoms with Gasteiger partial charge in [0.25, 0.3) is 0 Å². The van der Waals surface area contributed by atoms with Gasteiger partial charge in [0.2, 0.25) is 5.91 Å². The molecule has 1 heterocycles. The van der Waals surface area contributed by atoms with Crippen molar-refractivity contribution in [3.05, 3.63) is 87.9 Å². The summed E-state index contributed by atoms with van der Waals surface area (Å²) in [6.07, 6.45) is -0.490. The fourth-order valence-corrected chi connectivity index (χ4v) is 4.78. The zero-order chi connectivity index (χ0) is 25.9. The highest BCUT2D eigenvalue weighted by Gasteiger charge is 2.31. The summed E-state index contributed by atoms with van der Waals surface area (Å²) in [6, 6.07) is 18.7. The topological polar surface area (TPSA) is 97.8 Å². The third kappa shape index (κ3) is 7.64. The lowest BCUT2D eigenvalue weighted by Crippen LogP contribution is -2.39. The first-order valence-corrected chi connectivity index (χ1v) is 12.6. The highest BCUT2D eigenvalue weighted by atomic mass is 32.1. The molecule has 1 unspecified atom stereocenters. The van der Waals surface area contributed by atoms with Crippen LogP contribution in [0.2, 0.25) is 0 Å². The van der Waals surface area contributed by atoms with Gasteiger partial charge in [-0.3, -0.25) is 4.79 Å². The summed E-state index contributed by atoms with van der Waals surface area (Å²) in [6.45, 7) is 4.67. The molecule has 3 aromatic rings. The van der Waals surface area contributed by atoms with Crippen LogP contribution in [0.1, 0.15) is 52.9 Å². The summed E-state index contributed by atoms with van der Waals surface area (Å²) in [5.41, 5.74) is 2.07. The number of rotatable bonds is 11. The number of nitrogens with one attached hydrogen (secondary N) is 1. The molecule has 0 aliphatic rings. The first-order chi connectivity index (χ1) is 17.4. The third-order valence-electron chi connectivity index (χ3n) is 5.47. The monoisotopic (exact) mass is 509 g/mol. The molecule has 0 bridgehead atoms. The average molecular weight is 510 g/mol. The van der Waals surface area contributed by atoms with Crippen molar-refractivity contribution in [2.24, 2.45) is 5.92 Å². The van der Waals surface area contributed by atoms with Crippen molar-refractivity contribution in [2.75, 3.05) is 13.7 Å². The van der Waals surface area contributed by atoms with E-state index in [0.717, 1.165) is 11.1 Å². The Morgan fingerprint density at radius 3 is 2.25 bits per heavy atom. The van der Waals surface area contributed by atoms with Crippen LogP contribution >= 0.6 is 11.3 Å². The molecule has 2 amide bonds. The van der Waals surface area contributed by atoms with Gasteiger partial charge in [0.15, 0.2) is 5.69 Å². The molecule has 9 heteroatoms. The van der Waals surface area contributed by atoms with E-state index in [1.165, 1.54) is 18.4 Å². The number of amides is 2. The van der Waals surface area contributed by atoms with Crippen molar-refractivity contribution in [2.45, 2.75) is 39.5 Å². The molecule has 0 aliphatic heterocycles. The average Bonchev–Trinajstić information content (AvgIpc) is 3.37. The number of alkyl carbamates (subject to hydrolysis) is 1. The predicted octanol–water partition coefficient (Wildman–Crippen LogP) is 4.97. The molecular formula is C27H31N3O5S. The summed E-state index contributed by atoms with van der Waals surface area (Å²) >= 11 is 1.32. The Balaban J connectivity index is 1.69. The molecular weight excluding hydrogens is 478 g/mol. The zero-order valence-corrected chi connectivity index (χ0v) is 21.5. The summed E-state index contributed by atoms with van der Waals surface area (Å²) in [4.78, 5) is 43.7. The minimum Gasteiger partial charge on any atom is -0.464 e. The Bertz CT molecular complexity index is 1130. The number of benzene rings is 2. The lowest BCUT2D eigenvalue weighted by Gasteiger charge is -2.33. The SMILES string of the molecule is COC(=O)c1csc(C(C(C)C)N(Cc2ccccc2)C(=O)CCNC(=O)OCc2ccccc2)n1. The zero-order valence-electron chi connectivity index (χ0n) is 20.7. The van der Waals surface area contributed by atoms with Crippen LogP contribution in [0.4, 0.5) is 4.79 Å². The van der Waals surface area contributed by atoms with Gasteiger partial charge in [-0.25, -0.2) is 14.6 Å². The molecule has 1 N–H and O–H groups in total. The Morgan fingerprint density at radius 2 is 1.64 bits per heavy atom. The molecule has 190 valence electrons. The molecule has 1 aromatic heterocycles. The van der Waals surface area contributed by atoms with Crippen molar-refractivity contribution in [3.8, 4) is 0 Å². The number of nitrogens with zero attached hydrogens (tertiary/aromatic N) is 2. The maximum absolute atomic E-state index is 13.4. The normalized spacial score (nSPS) is 11.6. The van der Waals surface area contributed by atoms with E-state index in [0.29, 0.717) is 11.6 Å². The lowest BCUT2D eigenvalue weighted by molar-refractivity contribution is -0.135. The van der Waals surface area contributed by atoms with Gasteiger partial charge >= 0.3 is 12.1 Å². The number of carbonyl (C=O) groups excluding carboxylic acids is 3. The molecule has 1 atom stereocenters. The number of aromatic nitrogens is 1. The van der Waals surface area contributed by atoms with Crippen LogP contribution in [-0.4, -0.2) is 41.5 Å².